The van der Waals surface area contributed by atoms with E-state index in [2.05, 4.69) is 12.6 Å². The van der Waals surface area contributed by atoms with Gasteiger partial charge in [0.2, 0.25) is 0 Å². The maximum Gasteiger partial charge on any atom is 0.337 e. The number of ether oxygens (including phenoxy) is 1. The van der Waals surface area contributed by atoms with Crippen molar-refractivity contribution in [1.29, 1.82) is 10.5 Å². The molecule has 8 heteroatoms. The molecule has 1 aliphatic rings. The first kappa shape index (κ1) is 20.2. The molecule has 0 aromatic heterocycles. The van der Waals surface area contributed by atoms with Crippen molar-refractivity contribution in [1.82, 2.24) is 0 Å². The van der Waals surface area contributed by atoms with Gasteiger partial charge in [-0.25, -0.2) is 4.79 Å². The topological polar surface area (TPSA) is 97.4 Å². The second kappa shape index (κ2) is 7.50. The van der Waals surface area contributed by atoms with Crippen molar-refractivity contribution in [3.8, 4) is 12.1 Å². The maximum absolute atomic E-state index is 13.2. The zero-order valence-corrected chi connectivity index (χ0v) is 17.0. The Balaban J connectivity index is 2.02. The lowest BCUT2D eigenvalue weighted by atomic mass is 10.0. The fraction of sp³-hybridized carbons (Fsp3) is 0.238. The third kappa shape index (κ3) is 3.28. The standard InChI is InChI=1S/C21H18N4O3S/c1-21(2)19(27)24(17-9-6-14(11-22)15(10-17)12-23)20(29)25(21)16-7-4-13(5-8-16)18(26)28-3/h4-10,20,29H,1-3H3. The molecule has 1 aliphatic heterocycles. The number of benzene rings is 2. The Hall–Kier alpha value is -3.49. The predicted molar refractivity (Wildman–Crippen MR) is 110 cm³/mol. The maximum atomic E-state index is 13.2. The smallest absolute Gasteiger partial charge is 0.337 e. The lowest BCUT2D eigenvalue weighted by Gasteiger charge is -2.33. The third-order valence-electron chi connectivity index (χ3n) is 4.90. The Morgan fingerprint density at radius 2 is 1.66 bits per heavy atom. The molecule has 0 saturated carbocycles. The summed E-state index contributed by atoms with van der Waals surface area (Å²) in [4.78, 5) is 28.2. The molecule has 0 N–H and O–H groups in total. The molecular weight excluding hydrogens is 388 g/mol. The van der Waals surface area contributed by atoms with Gasteiger partial charge in [-0.1, -0.05) is 0 Å². The minimum Gasteiger partial charge on any atom is -0.465 e. The Kier molecular flexibility index (Phi) is 5.23. The molecule has 1 fully saturated rings. The van der Waals surface area contributed by atoms with Gasteiger partial charge in [0.15, 0.2) is 5.50 Å². The molecule has 2 aromatic rings. The Bertz CT molecular complexity index is 1070. The van der Waals surface area contributed by atoms with Crippen LogP contribution in [-0.4, -0.2) is 30.0 Å². The van der Waals surface area contributed by atoms with Gasteiger partial charge in [-0.2, -0.15) is 10.5 Å². The highest BCUT2D eigenvalue weighted by Crippen LogP contribution is 2.40. The van der Waals surface area contributed by atoms with Crippen LogP contribution in [0.15, 0.2) is 42.5 Å². The molecule has 1 atom stereocenters. The molecule has 0 radical (unpaired) electrons. The first-order chi connectivity index (χ1) is 13.8. The summed E-state index contributed by atoms with van der Waals surface area (Å²) < 4.78 is 4.72. The molecule has 7 nitrogen and oxygen atoms in total. The quantitative estimate of drug-likeness (QED) is 0.621. The van der Waals surface area contributed by atoms with Crippen molar-refractivity contribution in [2.24, 2.45) is 0 Å². The van der Waals surface area contributed by atoms with Gasteiger partial charge in [-0.15, -0.1) is 12.6 Å². The second-order valence-corrected chi connectivity index (χ2v) is 7.40. The molecule has 1 amide bonds. The van der Waals surface area contributed by atoms with Crippen LogP contribution in [0.3, 0.4) is 0 Å². The summed E-state index contributed by atoms with van der Waals surface area (Å²) in [6.07, 6.45) is 0. The lowest BCUT2D eigenvalue weighted by molar-refractivity contribution is -0.120. The van der Waals surface area contributed by atoms with Crippen LogP contribution in [0.4, 0.5) is 11.4 Å². The highest BCUT2D eigenvalue weighted by atomic mass is 32.1. The number of rotatable bonds is 3. The molecule has 2 aromatic carbocycles. The van der Waals surface area contributed by atoms with Gasteiger partial charge in [0.25, 0.3) is 5.91 Å². The Morgan fingerprint density at radius 3 is 2.21 bits per heavy atom. The van der Waals surface area contributed by atoms with Crippen molar-refractivity contribution >= 4 is 35.9 Å². The van der Waals surface area contributed by atoms with Gasteiger partial charge in [0, 0.05) is 11.4 Å². The normalized spacial score (nSPS) is 17.6. The van der Waals surface area contributed by atoms with Crippen LogP contribution < -0.4 is 9.80 Å². The summed E-state index contributed by atoms with van der Waals surface area (Å²) in [6, 6.07) is 15.3. The largest absolute Gasteiger partial charge is 0.465 e. The van der Waals surface area contributed by atoms with Crippen LogP contribution in [0.2, 0.25) is 0 Å². The molecule has 0 bridgehead atoms. The van der Waals surface area contributed by atoms with Crippen molar-refractivity contribution in [2.45, 2.75) is 24.9 Å². The fourth-order valence-corrected chi connectivity index (χ4v) is 4.02. The SMILES string of the molecule is COC(=O)c1ccc(N2C(S)N(c3ccc(C#N)c(C#N)c3)C(=O)C2(C)C)cc1. The molecule has 0 spiro atoms. The average molecular weight is 406 g/mol. The van der Waals surface area contributed by atoms with E-state index in [0.29, 0.717) is 16.9 Å². The van der Waals surface area contributed by atoms with E-state index >= 15 is 0 Å². The molecule has 0 aliphatic carbocycles. The fourth-order valence-electron chi connectivity index (χ4n) is 3.36. The van der Waals surface area contributed by atoms with E-state index in [-0.39, 0.29) is 17.0 Å². The lowest BCUT2D eigenvalue weighted by Crippen LogP contribution is -2.44. The van der Waals surface area contributed by atoms with Crippen LogP contribution in [0.25, 0.3) is 0 Å². The van der Waals surface area contributed by atoms with E-state index < -0.39 is 17.0 Å². The zero-order chi connectivity index (χ0) is 21.3. The van der Waals surface area contributed by atoms with Crippen LogP contribution in [0.1, 0.15) is 35.3 Å². The van der Waals surface area contributed by atoms with Crippen molar-refractivity contribution in [3.05, 3.63) is 59.2 Å². The molecular formula is C21H18N4O3S. The molecule has 1 unspecified atom stereocenters. The molecule has 1 saturated heterocycles. The summed E-state index contributed by atoms with van der Waals surface area (Å²) in [6.45, 7) is 3.56. The number of hydrogen-bond acceptors (Lipinski definition) is 7. The highest BCUT2D eigenvalue weighted by molar-refractivity contribution is 7.81. The number of nitrogens with zero attached hydrogens (tertiary/aromatic N) is 4. The van der Waals surface area contributed by atoms with Gasteiger partial charge >= 0.3 is 5.97 Å². The van der Waals surface area contributed by atoms with Gasteiger partial charge in [0.1, 0.15) is 17.7 Å². The number of thiol groups is 1. The summed E-state index contributed by atoms with van der Waals surface area (Å²) in [5, 5.41) is 18.4. The second-order valence-electron chi connectivity index (χ2n) is 6.94. The van der Waals surface area contributed by atoms with Gasteiger partial charge in [0.05, 0.1) is 23.8 Å². The molecule has 146 valence electrons. The summed E-state index contributed by atoms with van der Waals surface area (Å²) in [5.41, 5.74) is 0.434. The predicted octanol–water partition coefficient (Wildman–Crippen LogP) is 3.06. The van der Waals surface area contributed by atoms with E-state index in [1.807, 2.05) is 17.0 Å². The Morgan fingerprint density at radius 1 is 1.07 bits per heavy atom. The number of methoxy groups -OCH3 is 1. The average Bonchev–Trinajstić information content (AvgIpc) is 2.91. The van der Waals surface area contributed by atoms with Crippen LogP contribution in [-0.2, 0) is 9.53 Å². The van der Waals surface area contributed by atoms with Gasteiger partial charge in [-0.3, -0.25) is 9.69 Å². The third-order valence-corrected chi connectivity index (χ3v) is 5.36. The summed E-state index contributed by atoms with van der Waals surface area (Å²) in [7, 11) is 1.31. The number of carbonyl (C=O) groups is 2. The number of amides is 1. The summed E-state index contributed by atoms with van der Waals surface area (Å²) >= 11 is 4.67. The van der Waals surface area contributed by atoms with E-state index in [9.17, 15) is 14.9 Å². The number of anilines is 2. The van der Waals surface area contributed by atoms with Crippen LogP contribution in [0, 0.1) is 22.7 Å². The number of esters is 1. The number of hydrogen-bond donors (Lipinski definition) is 1. The van der Waals surface area contributed by atoms with Gasteiger partial charge in [-0.05, 0) is 56.3 Å². The molecule has 1 heterocycles. The van der Waals surface area contributed by atoms with E-state index in [4.69, 9.17) is 10.00 Å². The number of nitriles is 2. The summed E-state index contributed by atoms with van der Waals surface area (Å²) in [5.74, 6) is -0.651. The minimum absolute atomic E-state index is 0.192. The monoisotopic (exact) mass is 406 g/mol. The van der Waals surface area contributed by atoms with E-state index in [1.165, 1.54) is 24.1 Å². The number of carbonyl (C=O) groups excluding carboxylic acids is 2. The Labute approximate surface area is 174 Å². The zero-order valence-electron chi connectivity index (χ0n) is 16.1. The van der Waals surface area contributed by atoms with Crippen LogP contribution >= 0.6 is 12.6 Å². The molecule has 3 rings (SSSR count). The van der Waals surface area contributed by atoms with Gasteiger partial charge < -0.3 is 9.64 Å². The minimum atomic E-state index is -0.931. The first-order valence-corrected chi connectivity index (χ1v) is 9.21. The van der Waals surface area contributed by atoms with Crippen molar-refractivity contribution in [2.75, 3.05) is 16.9 Å². The van der Waals surface area contributed by atoms with Crippen LogP contribution in [0.5, 0.6) is 0 Å². The van der Waals surface area contributed by atoms with Crippen molar-refractivity contribution in [3.63, 3.8) is 0 Å². The first-order valence-electron chi connectivity index (χ1n) is 8.70. The van der Waals surface area contributed by atoms with E-state index in [0.717, 1.165) is 0 Å². The highest BCUT2D eigenvalue weighted by Gasteiger charge is 2.51. The van der Waals surface area contributed by atoms with E-state index in [1.54, 1.807) is 44.2 Å². The molecule has 29 heavy (non-hydrogen) atoms. The van der Waals surface area contributed by atoms with Crippen molar-refractivity contribution < 1.29 is 14.3 Å².